The van der Waals surface area contributed by atoms with E-state index in [9.17, 15) is 14.7 Å². The zero-order valence-electron chi connectivity index (χ0n) is 13.7. The van der Waals surface area contributed by atoms with Gasteiger partial charge in [0.2, 0.25) is 0 Å². The van der Waals surface area contributed by atoms with E-state index < -0.39 is 5.91 Å². The van der Waals surface area contributed by atoms with Crippen molar-refractivity contribution in [2.45, 2.75) is 0 Å². The van der Waals surface area contributed by atoms with E-state index in [0.29, 0.717) is 20.7 Å². The van der Waals surface area contributed by atoms with E-state index >= 15 is 0 Å². The molecule has 3 aromatic rings. The predicted molar refractivity (Wildman–Crippen MR) is 110 cm³/mol. The number of anilines is 1. The molecule has 0 aliphatic carbocycles. The number of benzene rings is 3. The number of hydrogen-bond acceptors (Lipinski definition) is 3. The summed E-state index contributed by atoms with van der Waals surface area (Å²) in [5.74, 6) is -1.06. The average molecular weight is 465 g/mol. The molecule has 0 spiro atoms. The number of carbonyl (C=O) groups is 2. The minimum Gasteiger partial charge on any atom is -0.506 e. The minimum absolute atomic E-state index is 0.000242. The van der Waals surface area contributed by atoms with E-state index in [1.54, 1.807) is 30.3 Å². The minimum atomic E-state index is -0.573. The maximum absolute atomic E-state index is 12.7. The van der Waals surface area contributed by atoms with Gasteiger partial charge in [0.25, 0.3) is 5.91 Å². The first-order valence-electron chi connectivity index (χ1n) is 7.75. The Morgan fingerprint density at radius 2 is 1.63 bits per heavy atom. The summed E-state index contributed by atoms with van der Waals surface area (Å²) in [5.41, 5.74) is 1.11. The van der Waals surface area contributed by atoms with Gasteiger partial charge in [0, 0.05) is 21.8 Å². The lowest BCUT2D eigenvalue weighted by Crippen LogP contribution is -2.13. The fourth-order valence-electron chi connectivity index (χ4n) is 2.46. The van der Waals surface area contributed by atoms with Crippen LogP contribution < -0.4 is 5.32 Å². The number of nitrogens with one attached hydrogen (secondary N) is 1. The van der Waals surface area contributed by atoms with Crippen molar-refractivity contribution in [2.24, 2.45) is 0 Å². The molecule has 0 aromatic heterocycles. The van der Waals surface area contributed by atoms with Crippen molar-refractivity contribution in [3.05, 3.63) is 91.9 Å². The molecule has 0 bridgehead atoms. The summed E-state index contributed by atoms with van der Waals surface area (Å²) < 4.78 is 0.302. The van der Waals surface area contributed by atoms with Crippen LogP contribution in [0.15, 0.2) is 65.1 Å². The summed E-state index contributed by atoms with van der Waals surface area (Å²) in [6, 6.07) is 16.1. The normalized spacial score (nSPS) is 10.5. The van der Waals surface area contributed by atoms with Crippen LogP contribution in [-0.2, 0) is 0 Å². The highest BCUT2D eigenvalue weighted by Gasteiger charge is 2.17. The highest BCUT2D eigenvalue weighted by molar-refractivity contribution is 9.10. The van der Waals surface area contributed by atoms with Crippen molar-refractivity contribution in [3.8, 4) is 5.75 Å². The van der Waals surface area contributed by atoms with Crippen LogP contribution in [0.4, 0.5) is 5.69 Å². The number of amides is 1. The topological polar surface area (TPSA) is 66.4 Å². The van der Waals surface area contributed by atoms with Crippen LogP contribution in [0.25, 0.3) is 0 Å². The largest absolute Gasteiger partial charge is 0.506 e. The molecule has 0 saturated heterocycles. The van der Waals surface area contributed by atoms with Gasteiger partial charge in [0.1, 0.15) is 5.75 Å². The summed E-state index contributed by atoms with van der Waals surface area (Å²) in [5, 5.41) is 13.3. The van der Waals surface area contributed by atoms with Crippen molar-refractivity contribution in [3.63, 3.8) is 0 Å². The summed E-state index contributed by atoms with van der Waals surface area (Å²) in [4.78, 5) is 25.2. The Kier molecular flexibility index (Phi) is 5.85. The molecule has 0 atom stereocenters. The zero-order valence-corrected chi connectivity index (χ0v) is 16.8. The van der Waals surface area contributed by atoms with E-state index in [1.165, 1.54) is 24.3 Å². The van der Waals surface area contributed by atoms with Gasteiger partial charge in [-0.3, -0.25) is 9.59 Å². The molecular formula is C20H12BrCl2NO3. The van der Waals surface area contributed by atoms with Gasteiger partial charge in [0.05, 0.1) is 15.1 Å². The molecule has 0 fully saturated rings. The van der Waals surface area contributed by atoms with Crippen LogP contribution in [0.5, 0.6) is 5.75 Å². The number of ketones is 1. The van der Waals surface area contributed by atoms with Crippen molar-refractivity contribution < 1.29 is 14.7 Å². The summed E-state index contributed by atoms with van der Waals surface area (Å²) in [6.07, 6.45) is 0. The number of phenols is 1. The van der Waals surface area contributed by atoms with Gasteiger partial charge in [0.15, 0.2) is 5.78 Å². The van der Waals surface area contributed by atoms with Crippen LogP contribution in [0.2, 0.25) is 10.0 Å². The van der Waals surface area contributed by atoms with E-state index in [0.717, 1.165) is 0 Å². The highest BCUT2D eigenvalue weighted by atomic mass is 79.9. The van der Waals surface area contributed by atoms with E-state index in [-0.39, 0.29) is 27.7 Å². The van der Waals surface area contributed by atoms with Crippen molar-refractivity contribution in [1.29, 1.82) is 0 Å². The Bertz CT molecular complexity index is 1040. The lowest BCUT2D eigenvalue weighted by atomic mass is 10.0. The summed E-state index contributed by atoms with van der Waals surface area (Å²) in [6.45, 7) is 0. The van der Waals surface area contributed by atoms with Gasteiger partial charge in [-0.25, -0.2) is 0 Å². The SMILES string of the molecule is O=C(c1ccccc1)c1cc(NC(=O)c2cc(Cl)cc(Br)c2O)ccc1Cl. The Balaban J connectivity index is 1.91. The number of rotatable bonds is 4. The zero-order chi connectivity index (χ0) is 19.6. The van der Waals surface area contributed by atoms with Gasteiger partial charge in [-0.15, -0.1) is 0 Å². The summed E-state index contributed by atoms with van der Waals surface area (Å²) in [7, 11) is 0. The van der Waals surface area contributed by atoms with E-state index in [2.05, 4.69) is 21.2 Å². The lowest BCUT2D eigenvalue weighted by molar-refractivity contribution is 0.101. The predicted octanol–water partition coefficient (Wildman–Crippen LogP) is 5.94. The van der Waals surface area contributed by atoms with Crippen LogP contribution in [0.3, 0.4) is 0 Å². The Morgan fingerprint density at radius 1 is 0.926 bits per heavy atom. The monoisotopic (exact) mass is 463 g/mol. The average Bonchev–Trinajstić information content (AvgIpc) is 2.66. The molecule has 7 heteroatoms. The maximum Gasteiger partial charge on any atom is 0.259 e. The number of phenolic OH excluding ortho intramolecular Hbond substituents is 1. The second-order valence-corrected chi connectivity index (χ2v) is 7.33. The Labute approximate surface area is 173 Å². The molecular weight excluding hydrogens is 453 g/mol. The first-order chi connectivity index (χ1) is 12.9. The molecule has 0 heterocycles. The van der Waals surface area contributed by atoms with Gasteiger partial charge in [-0.05, 0) is 46.3 Å². The third kappa shape index (κ3) is 4.33. The molecule has 0 aliphatic rings. The number of carbonyl (C=O) groups excluding carboxylic acids is 2. The van der Waals surface area contributed by atoms with Gasteiger partial charge in [-0.1, -0.05) is 53.5 Å². The molecule has 3 rings (SSSR count). The smallest absolute Gasteiger partial charge is 0.259 e. The molecule has 3 aromatic carbocycles. The molecule has 0 unspecified atom stereocenters. The maximum atomic E-state index is 12.7. The van der Waals surface area contributed by atoms with Crippen molar-refractivity contribution in [1.82, 2.24) is 0 Å². The molecule has 0 aliphatic heterocycles. The third-order valence-corrected chi connectivity index (χ3v) is 4.93. The molecule has 0 radical (unpaired) electrons. The number of aromatic hydroxyl groups is 1. The van der Waals surface area contributed by atoms with Crippen LogP contribution in [0, 0.1) is 0 Å². The second kappa shape index (κ2) is 8.13. The van der Waals surface area contributed by atoms with Crippen LogP contribution >= 0.6 is 39.1 Å². The highest BCUT2D eigenvalue weighted by Crippen LogP contribution is 2.32. The van der Waals surface area contributed by atoms with Gasteiger partial charge in [-0.2, -0.15) is 0 Å². The van der Waals surface area contributed by atoms with Crippen LogP contribution in [0.1, 0.15) is 26.3 Å². The Morgan fingerprint density at radius 3 is 2.33 bits per heavy atom. The first-order valence-corrected chi connectivity index (χ1v) is 9.30. The van der Waals surface area contributed by atoms with E-state index in [4.69, 9.17) is 23.2 Å². The van der Waals surface area contributed by atoms with E-state index in [1.807, 2.05) is 6.07 Å². The van der Waals surface area contributed by atoms with Gasteiger partial charge < -0.3 is 10.4 Å². The standard InChI is InChI=1S/C20H12BrCl2NO3/c21-16-9-12(22)8-15(19(16)26)20(27)24-13-6-7-17(23)14(10-13)18(25)11-4-2-1-3-5-11/h1-10,26H,(H,24,27). The number of hydrogen-bond donors (Lipinski definition) is 2. The summed E-state index contributed by atoms with van der Waals surface area (Å²) >= 11 is 15.2. The first kappa shape index (κ1) is 19.4. The van der Waals surface area contributed by atoms with Gasteiger partial charge >= 0.3 is 0 Å². The van der Waals surface area contributed by atoms with Crippen molar-refractivity contribution >= 4 is 56.5 Å². The molecule has 0 saturated carbocycles. The third-order valence-electron chi connectivity index (χ3n) is 3.78. The fourth-order valence-corrected chi connectivity index (χ4v) is 3.47. The molecule has 4 nitrogen and oxygen atoms in total. The second-order valence-electron chi connectivity index (χ2n) is 5.63. The van der Waals surface area contributed by atoms with Crippen molar-refractivity contribution in [2.75, 3.05) is 5.32 Å². The van der Waals surface area contributed by atoms with Crippen LogP contribution in [-0.4, -0.2) is 16.8 Å². The molecule has 1 amide bonds. The Hall–Kier alpha value is -2.34. The molecule has 136 valence electrons. The lowest BCUT2D eigenvalue weighted by Gasteiger charge is -2.11. The quantitative estimate of drug-likeness (QED) is 0.469. The number of halogens is 3. The fraction of sp³-hybridized carbons (Fsp3) is 0. The molecule has 2 N–H and O–H groups in total. The molecule has 27 heavy (non-hydrogen) atoms.